The molecule has 2 atom stereocenters. The summed E-state index contributed by atoms with van der Waals surface area (Å²) in [5.41, 5.74) is 1.27. The summed E-state index contributed by atoms with van der Waals surface area (Å²) in [5.74, 6) is -2.89. The fourth-order valence-electron chi connectivity index (χ4n) is 5.58. The van der Waals surface area contributed by atoms with Crippen molar-refractivity contribution in [1.82, 2.24) is 9.88 Å². The minimum Gasteiger partial charge on any atom is -0.486 e. The molecule has 1 fully saturated rings. The molecule has 0 aliphatic carbocycles. The third-order valence-corrected chi connectivity index (χ3v) is 10.3. The Balaban J connectivity index is 1.14. The van der Waals surface area contributed by atoms with Crippen LogP contribution in [-0.2, 0) is 38.7 Å². The monoisotopic (exact) mass is 671 g/mol. The van der Waals surface area contributed by atoms with Crippen LogP contribution < -0.4 is 9.46 Å². The van der Waals surface area contributed by atoms with Crippen molar-refractivity contribution in [2.45, 2.75) is 50.0 Å². The van der Waals surface area contributed by atoms with Crippen molar-refractivity contribution in [1.29, 1.82) is 0 Å². The van der Waals surface area contributed by atoms with Gasteiger partial charge in [-0.25, -0.2) is 17.6 Å². The maximum atomic E-state index is 13.9. The molecule has 12 nitrogen and oxygen atoms in total. The number of aromatic amines is 1. The van der Waals surface area contributed by atoms with Gasteiger partial charge in [0, 0.05) is 47.2 Å². The maximum Gasteiger partial charge on any atom is 0.355 e. The van der Waals surface area contributed by atoms with E-state index in [2.05, 4.69) is 9.71 Å². The minimum absolute atomic E-state index is 0.0250. The van der Waals surface area contributed by atoms with Crippen LogP contribution in [0.15, 0.2) is 52.6 Å². The summed E-state index contributed by atoms with van der Waals surface area (Å²) in [6, 6.07) is 8.41. The number of rotatable bonds is 8. The molecule has 4 heterocycles. The number of ketones is 1. The number of H-pyrrole nitrogens is 1. The molecule has 46 heavy (non-hydrogen) atoms. The number of hydrogen-bond donors (Lipinski definition) is 2. The second kappa shape index (κ2) is 11.5. The van der Waals surface area contributed by atoms with Crippen LogP contribution in [0.4, 0.5) is 10.1 Å². The smallest absolute Gasteiger partial charge is 0.355 e. The number of ether oxygens (including phenoxy) is 3. The lowest BCUT2D eigenvalue weighted by molar-refractivity contribution is -0.161. The van der Waals surface area contributed by atoms with Crippen LogP contribution in [0.1, 0.15) is 34.1 Å². The van der Waals surface area contributed by atoms with Gasteiger partial charge in [0.05, 0.1) is 22.7 Å². The number of nitrogens with zero attached hydrogens (tertiary/aromatic N) is 1. The van der Waals surface area contributed by atoms with Crippen molar-refractivity contribution >= 4 is 62.0 Å². The summed E-state index contributed by atoms with van der Waals surface area (Å²) in [5, 5.41) is -0.108. The van der Waals surface area contributed by atoms with E-state index >= 15 is 0 Å². The van der Waals surface area contributed by atoms with Crippen molar-refractivity contribution in [3.05, 3.63) is 53.5 Å². The molecule has 1 aromatic heterocycles. The fourth-order valence-corrected chi connectivity index (χ4v) is 8.30. The molecule has 2 unspecified atom stereocenters. The summed E-state index contributed by atoms with van der Waals surface area (Å²) in [4.78, 5) is 55.1. The van der Waals surface area contributed by atoms with Crippen molar-refractivity contribution in [3.8, 4) is 17.0 Å². The Kier molecular flexibility index (Phi) is 7.87. The Morgan fingerprint density at radius 2 is 1.89 bits per heavy atom. The number of fused-ring (bicyclic) bond motifs is 6. The van der Waals surface area contributed by atoms with Crippen molar-refractivity contribution < 1.29 is 46.2 Å². The molecule has 3 aromatic rings. The molecule has 242 valence electrons. The Labute approximate surface area is 267 Å². The van der Waals surface area contributed by atoms with E-state index < -0.39 is 63.0 Å². The summed E-state index contributed by atoms with van der Waals surface area (Å²) in [7, 11) is -4.04. The first kappa shape index (κ1) is 31.6. The third kappa shape index (κ3) is 5.84. The van der Waals surface area contributed by atoms with E-state index in [4.69, 9.17) is 14.2 Å². The van der Waals surface area contributed by atoms with Crippen molar-refractivity contribution in [2.75, 3.05) is 23.7 Å². The molecule has 2 aromatic carbocycles. The Hall–Kier alpha value is -4.37. The lowest BCUT2D eigenvalue weighted by Crippen LogP contribution is -2.62. The Morgan fingerprint density at radius 3 is 2.61 bits per heavy atom. The van der Waals surface area contributed by atoms with Crippen molar-refractivity contribution in [3.63, 3.8) is 0 Å². The van der Waals surface area contributed by atoms with Crippen LogP contribution in [0.5, 0.6) is 5.75 Å². The highest BCUT2D eigenvalue weighted by atomic mass is 32.2. The first-order valence-corrected chi connectivity index (χ1v) is 16.8. The molecular formula is C31H30FN3O9S2. The van der Waals surface area contributed by atoms with Crippen LogP contribution in [0.2, 0.25) is 0 Å². The summed E-state index contributed by atoms with van der Waals surface area (Å²) < 4.78 is 58.9. The van der Waals surface area contributed by atoms with Crippen molar-refractivity contribution in [2.24, 2.45) is 5.92 Å². The highest BCUT2D eigenvalue weighted by Crippen LogP contribution is 2.46. The minimum atomic E-state index is -4.04. The van der Waals surface area contributed by atoms with Gasteiger partial charge in [0.25, 0.3) is 10.0 Å². The van der Waals surface area contributed by atoms with E-state index in [-0.39, 0.29) is 35.1 Å². The van der Waals surface area contributed by atoms with Gasteiger partial charge >= 0.3 is 11.9 Å². The third-order valence-electron chi connectivity index (χ3n) is 7.56. The number of hydrogen-bond acceptors (Lipinski definition) is 10. The van der Waals surface area contributed by atoms with Gasteiger partial charge in [0.15, 0.2) is 5.78 Å². The summed E-state index contributed by atoms with van der Waals surface area (Å²) in [6.07, 6.45) is -0.159. The average molecular weight is 672 g/mol. The zero-order chi connectivity index (χ0) is 33.1. The first-order chi connectivity index (χ1) is 21.6. The molecule has 6 rings (SSSR count). The average Bonchev–Trinajstić information content (AvgIpc) is 3.33. The first-order valence-electron chi connectivity index (χ1n) is 14.3. The van der Waals surface area contributed by atoms with E-state index in [0.717, 1.165) is 0 Å². The quantitative estimate of drug-likeness (QED) is 0.263. The normalized spacial score (nSPS) is 19.8. The molecule has 3 aliphatic rings. The van der Waals surface area contributed by atoms with Gasteiger partial charge in [-0.05, 0) is 51.1 Å². The number of amides is 1. The number of carbonyl (C=O) groups is 4. The number of nitrogens with one attached hydrogen (secondary N) is 2. The van der Waals surface area contributed by atoms with Crippen LogP contribution in [-0.4, -0.2) is 71.9 Å². The number of β-lactam (4-membered cyclic amide) rings is 1. The lowest BCUT2D eigenvalue weighted by atomic mass is 9.90. The van der Waals surface area contributed by atoms with Gasteiger partial charge in [-0.2, -0.15) is 0 Å². The van der Waals surface area contributed by atoms with Gasteiger partial charge in [0.2, 0.25) is 5.91 Å². The predicted molar refractivity (Wildman–Crippen MR) is 166 cm³/mol. The second-order valence-corrected chi connectivity index (χ2v) is 14.9. The number of aromatic nitrogens is 1. The van der Waals surface area contributed by atoms with E-state index in [0.29, 0.717) is 33.5 Å². The number of halogens is 1. The fraction of sp³-hybridized carbons (Fsp3) is 0.355. The number of thioether (sulfide) groups is 1. The highest BCUT2D eigenvalue weighted by Gasteiger charge is 2.54. The summed E-state index contributed by atoms with van der Waals surface area (Å²) in [6.45, 7) is 5.74. The Bertz CT molecular complexity index is 1960. The molecule has 3 aliphatic heterocycles. The van der Waals surface area contributed by atoms with Crippen LogP contribution in [0.3, 0.4) is 0 Å². The van der Waals surface area contributed by atoms with Crippen LogP contribution in [0.25, 0.3) is 22.2 Å². The van der Waals surface area contributed by atoms with Crippen LogP contribution in [0, 0.1) is 11.7 Å². The van der Waals surface area contributed by atoms with Gasteiger partial charge < -0.3 is 19.2 Å². The van der Waals surface area contributed by atoms with Gasteiger partial charge in [-0.3, -0.25) is 24.0 Å². The second-order valence-electron chi connectivity index (χ2n) is 12.1. The van der Waals surface area contributed by atoms with Crippen LogP contribution >= 0.6 is 11.8 Å². The highest BCUT2D eigenvalue weighted by molar-refractivity contribution is 8.00. The molecule has 0 saturated carbocycles. The van der Waals surface area contributed by atoms with Gasteiger partial charge in [-0.15, -0.1) is 11.8 Å². The molecule has 1 saturated heterocycles. The number of sulfonamides is 1. The Morgan fingerprint density at radius 1 is 1.13 bits per heavy atom. The maximum absolute atomic E-state index is 13.9. The van der Waals surface area contributed by atoms with E-state index in [1.807, 2.05) is 0 Å². The zero-order valence-electron chi connectivity index (χ0n) is 25.3. The lowest BCUT2D eigenvalue weighted by Gasteiger charge is -2.50. The SMILES string of the molecule is CC(=O)OCC1=C(C(=O)OC(C)(C)C)N2C(=O)C(CC(=O)COc3ccc4c(c3)S(=O)(=O)Nc3c-4[nH]c4ccc(F)cc34)C2SC1. The molecule has 15 heteroatoms. The van der Waals surface area contributed by atoms with Gasteiger partial charge in [-0.1, -0.05) is 0 Å². The standard InChI is InChI=1S/C31H30FN3O9S2/c1-15(36)42-12-16-14-45-29-22(28(38)35(29)27(16)30(39)44-31(2,3)4)10-18(37)13-43-19-6-7-20-24(11-19)46(40,41)34-26-21-9-17(32)5-8-23(21)33-25(20)26/h5-9,11,22,29,33-34H,10,12-14H2,1-4H3. The van der Waals surface area contributed by atoms with Gasteiger partial charge in [0.1, 0.15) is 41.0 Å². The molecule has 0 spiro atoms. The number of benzene rings is 2. The molecule has 0 radical (unpaired) electrons. The number of carbonyl (C=O) groups excluding carboxylic acids is 4. The molecule has 2 N–H and O–H groups in total. The zero-order valence-corrected chi connectivity index (χ0v) is 26.9. The number of esters is 2. The number of anilines is 1. The number of Topliss-reactive ketones (excluding diaryl/α,β-unsaturated/α-hetero) is 1. The summed E-state index contributed by atoms with van der Waals surface area (Å²) >= 11 is 1.35. The van der Waals surface area contributed by atoms with E-state index in [9.17, 15) is 32.0 Å². The van der Waals surface area contributed by atoms with E-state index in [1.54, 1.807) is 26.8 Å². The molecule has 0 bridgehead atoms. The topological polar surface area (TPSA) is 161 Å². The predicted octanol–water partition coefficient (Wildman–Crippen LogP) is 4.12. The molecular weight excluding hydrogens is 641 g/mol. The van der Waals surface area contributed by atoms with E-state index in [1.165, 1.54) is 53.9 Å². The largest absolute Gasteiger partial charge is 0.486 e. The molecule has 1 amide bonds.